The fourth-order valence-electron chi connectivity index (χ4n) is 3.11. The van der Waals surface area contributed by atoms with Crippen molar-refractivity contribution in [3.63, 3.8) is 0 Å². The molecular formula is C20H20ClFN6O. The SMILES string of the molecule is CC(C)Nc1nc(C#N)c(C#N)nc1N1CCC(Oc2ccc(Cl)cc2F)CC1. The monoisotopic (exact) mass is 414 g/mol. The summed E-state index contributed by atoms with van der Waals surface area (Å²) in [7, 11) is 0. The van der Waals surface area contributed by atoms with Gasteiger partial charge in [-0.1, -0.05) is 11.6 Å². The number of aromatic nitrogens is 2. The van der Waals surface area contributed by atoms with Crippen LogP contribution in [0.4, 0.5) is 16.0 Å². The van der Waals surface area contributed by atoms with Crippen LogP contribution in [0, 0.1) is 28.5 Å². The van der Waals surface area contributed by atoms with E-state index in [1.807, 2.05) is 30.9 Å². The molecule has 1 saturated heterocycles. The molecule has 1 aliphatic heterocycles. The summed E-state index contributed by atoms with van der Waals surface area (Å²) in [4.78, 5) is 10.7. The maximum absolute atomic E-state index is 14.0. The highest BCUT2D eigenvalue weighted by Gasteiger charge is 2.26. The smallest absolute Gasteiger partial charge is 0.179 e. The summed E-state index contributed by atoms with van der Waals surface area (Å²) in [6, 6.07) is 8.27. The van der Waals surface area contributed by atoms with Crippen molar-refractivity contribution in [2.24, 2.45) is 0 Å². The quantitative estimate of drug-likeness (QED) is 0.792. The topological polar surface area (TPSA) is 97.9 Å². The number of hydrogen-bond acceptors (Lipinski definition) is 7. The van der Waals surface area contributed by atoms with Gasteiger partial charge < -0.3 is 15.0 Å². The Hall–Kier alpha value is -3.10. The van der Waals surface area contributed by atoms with E-state index in [1.54, 1.807) is 6.07 Å². The Morgan fingerprint density at radius 2 is 1.86 bits per heavy atom. The predicted octanol–water partition coefficient (Wildman–Crippen LogP) is 3.88. The largest absolute Gasteiger partial charge is 0.487 e. The first kappa shape index (κ1) is 20.6. The normalized spacial score (nSPS) is 14.4. The summed E-state index contributed by atoms with van der Waals surface area (Å²) in [5.41, 5.74) is -0.00533. The molecule has 0 bridgehead atoms. The van der Waals surface area contributed by atoms with E-state index in [-0.39, 0.29) is 29.3 Å². The van der Waals surface area contributed by atoms with Crippen LogP contribution in [0.2, 0.25) is 5.02 Å². The first-order valence-corrected chi connectivity index (χ1v) is 9.64. The maximum atomic E-state index is 14.0. The number of rotatable bonds is 5. The van der Waals surface area contributed by atoms with Gasteiger partial charge in [0.05, 0.1) is 0 Å². The second-order valence-electron chi connectivity index (χ2n) is 6.99. The first-order valence-electron chi connectivity index (χ1n) is 9.26. The molecular weight excluding hydrogens is 395 g/mol. The number of hydrogen-bond donors (Lipinski definition) is 1. The van der Waals surface area contributed by atoms with E-state index in [0.29, 0.717) is 42.6 Å². The average molecular weight is 415 g/mol. The Morgan fingerprint density at radius 3 is 2.45 bits per heavy atom. The first-order chi connectivity index (χ1) is 13.9. The van der Waals surface area contributed by atoms with Gasteiger partial charge in [0.2, 0.25) is 0 Å². The van der Waals surface area contributed by atoms with Gasteiger partial charge in [-0.3, -0.25) is 0 Å². The third kappa shape index (κ3) is 4.85. The van der Waals surface area contributed by atoms with E-state index in [4.69, 9.17) is 16.3 Å². The second kappa shape index (κ2) is 8.93. The zero-order valence-corrected chi connectivity index (χ0v) is 16.9. The highest BCUT2D eigenvalue weighted by molar-refractivity contribution is 6.30. The molecule has 1 aromatic heterocycles. The van der Waals surface area contributed by atoms with Gasteiger partial charge in [0.25, 0.3) is 0 Å². The lowest BCUT2D eigenvalue weighted by Gasteiger charge is -2.34. The number of ether oxygens (including phenoxy) is 1. The van der Waals surface area contributed by atoms with Crippen LogP contribution in [0.25, 0.3) is 0 Å². The summed E-state index contributed by atoms with van der Waals surface area (Å²) in [5.74, 6) is 0.698. The van der Waals surface area contributed by atoms with Crippen molar-refractivity contribution in [2.45, 2.75) is 38.8 Å². The number of piperidine rings is 1. The van der Waals surface area contributed by atoms with E-state index in [0.717, 1.165) is 0 Å². The molecule has 1 N–H and O–H groups in total. The standard InChI is InChI=1S/C20H20ClFN6O/c1-12(2)25-19-20(27-17(11-24)16(10-23)26-19)28-7-5-14(6-8-28)29-18-4-3-13(21)9-15(18)22/h3-4,9,12,14H,5-8H2,1-2H3,(H,25,26). The van der Waals surface area contributed by atoms with Crippen molar-refractivity contribution in [1.82, 2.24) is 9.97 Å². The zero-order valence-electron chi connectivity index (χ0n) is 16.1. The van der Waals surface area contributed by atoms with Gasteiger partial charge in [-0.15, -0.1) is 0 Å². The summed E-state index contributed by atoms with van der Waals surface area (Å²) in [5, 5.41) is 22.0. The fourth-order valence-corrected chi connectivity index (χ4v) is 3.27. The minimum atomic E-state index is -0.486. The Bertz CT molecular complexity index is 976. The average Bonchev–Trinajstić information content (AvgIpc) is 2.70. The molecule has 0 aliphatic carbocycles. The van der Waals surface area contributed by atoms with Crippen LogP contribution in [0.1, 0.15) is 38.1 Å². The second-order valence-corrected chi connectivity index (χ2v) is 7.43. The molecule has 7 nitrogen and oxygen atoms in total. The van der Waals surface area contributed by atoms with Gasteiger partial charge in [-0.2, -0.15) is 10.5 Å². The summed E-state index contributed by atoms with van der Waals surface area (Å²) in [6.45, 7) is 5.10. The molecule has 150 valence electrons. The molecule has 0 spiro atoms. The van der Waals surface area contributed by atoms with Crippen molar-refractivity contribution in [3.8, 4) is 17.9 Å². The van der Waals surface area contributed by atoms with Crippen LogP contribution in [0.5, 0.6) is 5.75 Å². The lowest BCUT2D eigenvalue weighted by atomic mass is 10.1. The molecule has 0 atom stereocenters. The van der Waals surface area contributed by atoms with Crippen LogP contribution >= 0.6 is 11.6 Å². The lowest BCUT2D eigenvalue weighted by molar-refractivity contribution is 0.163. The van der Waals surface area contributed by atoms with E-state index in [1.165, 1.54) is 12.1 Å². The molecule has 1 fully saturated rings. The Labute approximate surface area is 173 Å². The number of anilines is 2. The number of benzene rings is 1. The minimum Gasteiger partial charge on any atom is -0.487 e. The molecule has 1 aromatic carbocycles. The van der Waals surface area contributed by atoms with Gasteiger partial charge in [-0.25, -0.2) is 14.4 Å². The molecule has 0 amide bonds. The van der Waals surface area contributed by atoms with Crippen LogP contribution in [0.15, 0.2) is 18.2 Å². The highest BCUT2D eigenvalue weighted by Crippen LogP contribution is 2.29. The molecule has 9 heteroatoms. The molecule has 29 heavy (non-hydrogen) atoms. The predicted molar refractivity (Wildman–Crippen MR) is 107 cm³/mol. The van der Waals surface area contributed by atoms with Crippen molar-refractivity contribution < 1.29 is 9.13 Å². The van der Waals surface area contributed by atoms with Crippen LogP contribution in [-0.4, -0.2) is 35.2 Å². The van der Waals surface area contributed by atoms with Crippen molar-refractivity contribution in [3.05, 3.63) is 40.4 Å². The molecule has 0 radical (unpaired) electrons. The molecule has 2 aromatic rings. The van der Waals surface area contributed by atoms with Crippen molar-refractivity contribution in [1.29, 1.82) is 10.5 Å². The third-order valence-corrected chi connectivity index (χ3v) is 4.68. The molecule has 0 saturated carbocycles. The van der Waals surface area contributed by atoms with Crippen LogP contribution in [0.3, 0.4) is 0 Å². The van der Waals surface area contributed by atoms with E-state index >= 15 is 0 Å². The number of nitriles is 2. The van der Waals surface area contributed by atoms with E-state index in [9.17, 15) is 14.9 Å². The van der Waals surface area contributed by atoms with Gasteiger partial charge >= 0.3 is 0 Å². The van der Waals surface area contributed by atoms with Gasteiger partial charge in [0.15, 0.2) is 34.6 Å². The third-order valence-electron chi connectivity index (χ3n) is 4.44. The molecule has 3 rings (SSSR count). The lowest BCUT2D eigenvalue weighted by Crippen LogP contribution is -2.39. The van der Waals surface area contributed by atoms with Gasteiger partial charge in [-0.05, 0) is 32.0 Å². The zero-order chi connectivity index (χ0) is 21.0. The Kier molecular flexibility index (Phi) is 6.36. The van der Waals surface area contributed by atoms with Crippen molar-refractivity contribution in [2.75, 3.05) is 23.3 Å². The molecule has 2 heterocycles. The van der Waals surface area contributed by atoms with Crippen LogP contribution < -0.4 is 15.0 Å². The number of nitrogens with zero attached hydrogens (tertiary/aromatic N) is 5. The summed E-state index contributed by atoms with van der Waals surface area (Å²) in [6.07, 6.45) is 1.14. The number of nitrogens with one attached hydrogen (secondary N) is 1. The van der Waals surface area contributed by atoms with Crippen molar-refractivity contribution >= 4 is 23.2 Å². The van der Waals surface area contributed by atoms with Gasteiger partial charge in [0.1, 0.15) is 18.2 Å². The Balaban J connectivity index is 1.76. The molecule has 1 aliphatic rings. The maximum Gasteiger partial charge on any atom is 0.179 e. The fraction of sp³-hybridized carbons (Fsp3) is 0.400. The van der Waals surface area contributed by atoms with E-state index in [2.05, 4.69) is 15.3 Å². The van der Waals surface area contributed by atoms with Gasteiger partial charge in [0, 0.05) is 37.0 Å². The summed E-state index contributed by atoms with van der Waals surface area (Å²) >= 11 is 5.78. The Morgan fingerprint density at radius 1 is 1.21 bits per heavy atom. The summed E-state index contributed by atoms with van der Waals surface area (Å²) < 4.78 is 19.8. The highest BCUT2D eigenvalue weighted by atomic mass is 35.5. The van der Waals surface area contributed by atoms with Crippen LogP contribution in [-0.2, 0) is 0 Å². The molecule has 0 unspecified atom stereocenters. The minimum absolute atomic E-state index is 0.00147. The number of halogens is 2. The van der Waals surface area contributed by atoms with E-state index < -0.39 is 5.82 Å².